The lowest BCUT2D eigenvalue weighted by Gasteiger charge is -2.25. The highest BCUT2D eigenvalue weighted by atomic mass is 79.9. The third-order valence-corrected chi connectivity index (χ3v) is 4.39. The van der Waals surface area contributed by atoms with E-state index in [1.165, 1.54) is 0 Å². The second-order valence-electron chi connectivity index (χ2n) is 5.80. The summed E-state index contributed by atoms with van der Waals surface area (Å²) in [5.74, 6) is -0.978. The van der Waals surface area contributed by atoms with Crippen LogP contribution in [0.15, 0.2) is 40.9 Å². The molecule has 0 saturated carbocycles. The van der Waals surface area contributed by atoms with E-state index < -0.39 is 12.0 Å². The SMILES string of the molecule is CCc1cc(Br)cc(C(Nc2ccc(C(=N)N)cc2)C(=O)[O-])c1OCCO.Cl. The number of nitrogen functional groups attached to an aromatic ring is 1. The summed E-state index contributed by atoms with van der Waals surface area (Å²) in [6.45, 7) is 1.79. The van der Waals surface area contributed by atoms with Crippen molar-refractivity contribution in [3.8, 4) is 5.75 Å². The molecule has 9 heteroatoms. The van der Waals surface area contributed by atoms with Crippen molar-refractivity contribution in [2.75, 3.05) is 18.5 Å². The number of aliphatic hydroxyl groups is 1. The Morgan fingerprint density at radius 3 is 2.50 bits per heavy atom. The van der Waals surface area contributed by atoms with Crippen molar-refractivity contribution in [2.24, 2.45) is 5.73 Å². The summed E-state index contributed by atoms with van der Waals surface area (Å²) in [7, 11) is 0. The zero-order chi connectivity index (χ0) is 20.0. The van der Waals surface area contributed by atoms with Crippen LogP contribution in [0.2, 0.25) is 0 Å². The first-order chi connectivity index (χ1) is 12.9. The van der Waals surface area contributed by atoms with Crippen molar-refractivity contribution in [3.05, 3.63) is 57.6 Å². The van der Waals surface area contributed by atoms with Crippen molar-refractivity contribution < 1.29 is 19.7 Å². The standard InChI is InChI=1S/C19H22BrN3O4.ClH/c1-2-11-9-13(20)10-15(17(11)27-8-7-24)16(19(25)26)23-14-5-3-12(4-6-14)18(21)22;/h3-6,9-10,16,23-24H,2,7-8H2,1H3,(H3,21,22)(H,25,26);1H/p-1. The lowest BCUT2D eigenvalue weighted by Crippen LogP contribution is -2.34. The number of ether oxygens (including phenoxy) is 1. The van der Waals surface area contributed by atoms with Gasteiger partial charge in [-0.05, 0) is 48.4 Å². The van der Waals surface area contributed by atoms with Crippen LogP contribution in [0.25, 0.3) is 0 Å². The number of halogens is 2. The van der Waals surface area contributed by atoms with E-state index in [-0.39, 0.29) is 31.5 Å². The Morgan fingerprint density at radius 1 is 1.36 bits per heavy atom. The maximum absolute atomic E-state index is 11.9. The summed E-state index contributed by atoms with van der Waals surface area (Å²) < 4.78 is 6.35. The predicted octanol–water partition coefficient (Wildman–Crippen LogP) is 1.99. The van der Waals surface area contributed by atoms with Crippen LogP contribution in [-0.4, -0.2) is 30.1 Å². The number of nitrogens with one attached hydrogen (secondary N) is 2. The summed E-state index contributed by atoms with van der Waals surface area (Å²) in [6.07, 6.45) is 0.625. The van der Waals surface area contributed by atoms with E-state index in [1.54, 1.807) is 30.3 Å². The summed E-state index contributed by atoms with van der Waals surface area (Å²) >= 11 is 3.40. The fourth-order valence-electron chi connectivity index (χ4n) is 2.65. The summed E-state index contributed by atoms with van der Waals surface area (Å²) in [4.78, 5) is 11.9. The van der Waals surface area contributed by atoms with Crippen LogP contribution in [0.1, 0.15) is 29.7 Å². The molecule has 0 spiro atoms. The average Bonchev–Trinajstić information content (AvgIpc) is 2.64. The second-order valence-corrected chi connectivity index (χ2v) is 6.71. The number of nitrogens with two attached hydrogens (primary N) is 1. The Morgan fingerprint density at radius 2 is 2.00 bits per heavy atom. The van der Waals surface area contributed by atoms with Crippen LogP contribution >= 0.6 is 28.3 Å². The lowest BCUT2D eigenvalue weighted by molar-refractivity contribution is -0.307. The highest BCUT2D eigenvalue weighted by Gasteiger charge is 2.21. The summed E-state index contributed by atoms with van der Waals surface area (Å²) in [5.41, 5.74) is 7.71. The van der Waals surface area contributed by atoms with Crippen molar-refractivity contribution in [1.29, 1.82) is 5.41 Å². The van der Waals surface area contributed by atoms with Crippen LogP contribution in [0, 0.1) is 5.41 Å². The lowest BCUT2D eigenvalue weighted by atomic mass is 10.00. The number of rotatable bonds is 9. The Labute approximate surface area is 178 Å². The molecular formula is C19H22BrClN3O4-. The van der Waals surface area contributed by atoms with E-state index >= 15 is 0 Å². The van der Waals surface area contributed by atoms with Crippen LogP contribution in [0.4, 0.5) is 5.69 Å². The number of aryl methyl sites for hydroxylation is 1. The van der Waals surface area contributed by atoms with Crippen LogP contribution in [0.5, 0.6) is 5.75 Å². The molecule has 0 aliphatic rings. The highest BCUT2D eigenvalue weighted by Crippen LogP contribution is 2.35. The van der Waals surface area contributed by atoms with E-state index in [2.05, 4.69) is 21.2 Å². The Hall–Kier alpha value is -2.29. The normalized spacial score (nSPS) is 11.2. The van der Waals surface area contributed by atoms with Gasteiger partial charge in [-0.1, -0.05) is 22.9 Å². The van der Waals surface area contributed by atoms with E-state index in [1.807, 2.05) is 13.0 Å². The quantitative estimate of drug-likeness (QED) is 0.327. The van der Waals surface area contributed by atoms with Gasteiger partial charge in [-0.25, -0.2) is 0 Å². The molecule has 0 amide bonds. The number of aliphatic carboxylic acids is 1. The van der Waals surface area contributed by atoms with Crippen LogP contribution in [-0.2, 0) is 11.2 Å². The molecule has 1 atom stereocenters. The number of benzene rings is 2. The maximum Gasteiger partial charge on any atom is 0.128 e. The summed E-state index contributed by atoms with van der Waals surface area (Å²) in [5, 5.41) is 31.3. The fraction of sp³-hybridized carbons (Fsp3) is 0.263. The molecule has 152 valence electrons. The Balaban J connectivity index is 0.00000392. The number of anilines is 1. The zero-order valence-electron chi connectivity index (χ0n) is 15.2. The number of carboxylic acids is 1. The molecule has 0 radical (unpaired) electrons. The topological polar surface area (TPSA) is 131 Å². The molecule has 0 fully saturated rings. The number of aliphatic hydroxyl groups excluding tert-OH is 1. The van der Waals surface area contributed by atoms with Gasteiger partial charge in [0, 0.05) is 21.3 Å². The molecule has 0 aromatic heterocycles. The molecule has 2 aromatic carbocycles. The van der Waals surface area contributed by atoms with Crippen LogP contribution in [0.3, 0.4) is 0 Å². The van der Waals surface area contributed by atoms with E-state index in [0.717, 1.165) is 5.56 Å². The number of carbonyl (C=O) groups excluding carboxylic acids is 1. The van der Waals surface area contributed by atoms with Gasteiger partial charge in [-0.2, -0.15) is 0 Å². The van der Waals surface area contributed by atoms with E-state index in [9.17, 15) is 9.90 Å². The van der Waals surface area contributed by atoms with E-state index in [4.69, 9.17) is 21.0 Å². The van der Waals surface area contributed by atoms with Gasteiger partial charge in [0.15, 0.2) is 0 Å². The minimum absolute atomic E-state index is 0. The Bertz CT molecular complexity index is 831. The van der Waals surface area contributed by atoms with Gasteiger partial charge < -0.3 is 30.8 Å². The third-order valence-electron chi connectivity index (χ3n) is 3.93. The fourth-order valence-corrected chi connectivity index (χ4v) is 3.17. The molecule has 0 aliphatic carbocycles. The summed E-state index contributed by atoms with van der Waals surface area (Å²) in [6, 6.07) is 8.86. The van der Waals surface area contributed by atoms with Gasteiger partial charge in [-0.3, -0.25) is 5.41 Å². The molecule has 0 heterocycles. The first kappa shape index (κ1) is 23.7. The van der Waals surface area contributed by atoms with Crippen molar-refractivity contribution in [1.82, 2.24) is 0 Å². The minimum Gasteiger partial charge on any atom is -0.548 e. The van der Waals surface area contributed by atoms with Gasteiger partial charge in [0.1, 0.15) is 18.2 Å². The first-order valence-electron chi connectivity index (χ1n) is 8.35. The van der Waals surface area contributed by atoms with Crippen molar-refractivity contribution >= 4 is 45.8 Å². The number of hydrogen-bond acceptors (Lipinski definition) is 6. The molecule has 2 aromatic rings. The number of amidine groups is 1. The van der Waals surface area contributed by atoms with Crippen molar-refractivity contribution in [2.45, 2.75) is 19.4 Å². The minimum atomic E-state index is -1.32. The zero-order valence-corrected chi connectivity index (χ0v) is 17.6. The molecule has 0 bridgehead atoms. The molecule has 0 saturated heterocycles. The van der Waals surface area contributed by atoms with Gasteiger partial charge in [-0.15, -0.1) is 12.4 Å². The monoisotopic (exact) mass is 470 g/mol. The molecular weight excluding hydrogens is 450 g/mol. The van der Waals surface area contributed by atoms with Crippen molar-refractivity contribution in [3.63, 3.8) is 0 Å². The van der Waals surface area contributed by atoms with Gasteiger partial charge in [0.05, 0.1) is 18.6 Å². The van der Waals surface area contributed by atoms with Gasteiger partial charge in [0.2, 0.25) is 0 Å². The van der Waals surface area contributed by atoms with Crippen LogP contribution < -0.4 is 20.9 Å². The molecule has 28 heavy (non-hydrogen) atoms. The van der Waals surface area contributed by atoms with Gasteiger partial charge in [0.25, 0.3) is 0 Å². The Kier molecular flexibility index (Phi) is 9.24. The van der Waals surface area contributed by atoms with E-state index in [0.29, 0.717) is 33.5 Å². The first-order valence-corrected chi connectivity index (χ1v) is 9.14. The third kappa shape index (κ3) is 5.85. The second kappa shape index (κ2) is 10.9. The smallest absolute Gasteiger partial charge is 0.128 e. The molecule has 0 aliphatic heterocycles. The average molecular weight is 472 g/mol. The number of carbonyl (C=O) groups is 1. The highest BCUT2D eigenvalue weighted by molar-refractivity contribution is 9.10. The molecule has 2 rings (SSSR count). The molecule has 7 nitrogen and oxygen atoms in total. The number of hydrogen-bond donors (Lipinski definition) is 4. The maximum atomic E-state index is 11.9. The number of carboxylic acid groups (broad SMARTS) is 1. The van der Waals surface area contributed by atoms with Gasteiger partial charge >= 0.3 is 0 Å². The molecule has 5 N–H and O–H groups in total. The largest absolute Gasteiger partial charge is 0.548 e. The predicted molar refractivity (Wildman–Crippen MR) is 112 cm³/mol. The molecule has 1 unspecified atom stereocenters.